The minimum atomic E-state index is -0.567. The molecule has 0 aromatic heterocycles. The molecule has 0 bridgehead atoms. The Balaban J connectivity index is 2.65. The van der Waals surface area contributed by atoms with Crippen LogP contribution in [0.1, 0.15) is 27.7 Å². The van der Waals surface area contributed by atoms with Crippen molar-refractivity contribution in [1.82, 2.24) is 15.5 Å². The third-order valence-corrected chi connectivity index (χ3v) is 3.31. The minimum absolute atomic E-state index is 0.0292. The molecule has 1 heterocycles. The predicted octanol–water partition coefficient (Wildman–Crippen LogP) is -0.443. The summed E-state index contributed by atoms with van der Waals surface area (Å²) in [6, 6.07) is 0. The smallest absolute Gasteiger partial charge is 0.240 e. The van der Waals surface area contributed by atoms with Gasteiger partial charge < -0.3 is 15.7 Å². The maximum atomic E-state index is 12.3. The van der Waals surface area contributed by atoms with E-state index in [0.717, 1.165) is 26.2 Å². The molecule has 17 heavy (non-hydrogen) atoms. The molecule has 1 aliphatic heterocycles. The first-order valence-corrected chi connectivity index (χ1v) is 6.19. The van der Waals surface area contributed by atoms with Crippen molar-refractivity contribution in [3.8, 4) is 0 Å². The molecule has 0 aromatic rings. The van der Waals surface area contributed by atoms with Gasteiger partial charge in [-0.1, -0.05) is 0 Å². The average molecular weight is 243 g/mol. The van der Waals surface area contributed by atoms with Crippen LogP contribution in [0, 0.1) is 0 Å². The van der Waals surface area contributed by atoms with Gasteiger partial charge >= 0.3 is 0 Å². The topological polar surface area (TPSA) is 64.6 Å². The highest BCUT2D eigenvalue weighted by Crippen LogP contribution is 2.16. The molecule has 1 aliphatic rings. The van der Waals surface area contributed by atoms with E-state index < -0.39 is 11.1 Å². The van der Waals surface area contributed by atoms with Crippen molar-refractivity contribution in [2.75, 3.05) is 32.8 Å². The second kappa shape index (κ2) is 5.33. The van der Waals surface area contributed by atoms with Crippen LogP contribution in [-0.2, 0) is 4.79 Å². The van der Waals surface area contributed by atoms with Crippen molar-refractivity contribution >= 4 is 5.91 Å². The van der Waals surface area contributed by atoms with E-state index in [4.69, 9.17) is 0 Å². The van der Waals surface area contributed by atoms with Crippen LogP contribution in [0.3, 0.4) is 0 Å². The van der Waals surface area contributed by atoms with Gasteiger partial charge in [-0.2, -0.15) is 0 Å². The molecule has 1 amide bonds. The maximum absolute atomic E-state index is 12.3. The van der Waals surface area contributed by atoms with E-state index in [0.29, 0.717) is 0 Å². The number of amides is 1. The Morgan fingerprint density at radius 3 is 2.29 bits per heavy atom. The number of carbonyl (C=O) groups excluding carboxylic acids is 1. The number of rotatable bonds is 4. The molecule has 3 N–H and O–H groups in total. The van der Waals surface area contributed by atoms with Gasteiger partial charge in [0.25, 0.3) is 0 Å². The number of carbonyl (C=O) groups is 1. The lowest BCUT2D eigenvalue weighted by atomic mass is 9.97. The fourth-order valence-electron chi connectivity index (χ4n) is 1.87. The lowest BCUT2D eigenvalue weighted by Crippen LogP contribution is -2.63. The summed E-state index contributed by atoms with van der Waals surface area (Å²) in [5, 5.41) is 15.3. The van der Waals surface area contributed by atoms with Gasteiger partial charge in [0.05, 0.1) is 17.7 Å². The van der Waals surface area contributed by atoms with E-state index in [1.165, 1.54) is 0 Å². The molecule has 5 heteroatoms. The molecule has 100 valence electrons. The van der Waals surface area contributed by atoms with E-state index in [9.17, 15) is 9.90 Å². The zero-order chi connectivity index (χ0) is 13.1. The monoisotopic (exact) mass is 243 g/mol. The molecule has 5 nitrogen and oxygen atoms in total. The summed E-state index contributed by atoms with van der Waals surface area (Å²) < 4.78 is 0. The van der Waals surface area contributed by atoms with Crippen molar-refractivity contribution in [2.45, 2.75) is 38.8 Å². The number of aliphatic hydroxyl groups excluding tert-OH is 1. The highest BCUT2D eigenvalue weighted by atomic mass is 16.3. The van der Waals surface area contributed by atoms with Crippen molar-refractivity contribution in [3.05, 3.63) is 0 Å². The van der Waals surface area contributed by atoms with Crippen molar-refractivity contribution in [2.24, 2.45) is 0 Å². The Morgan fingerprint density at radius 1 is 1.29 bits per heavy atom. The Bertz CT molecular complexity index is 271. The molecule has 0 unspecified atom stereocenters. The largest absolute Gasteiger partial charge is 0.394 e. The number of piperazine rings is 1. The molecule has 0 spiro atoms. The zero-order valence-electron chi connectivity index (χ0n) is 11.3. The summed E-state index contributed by atoms with van der Waals surface area (Å²) in [5.41, 5.74) is -1.10. The lowest BCUT2D eigenvalue weighted by molar-refractivity contribution is -0.134. The second-order valence-electron chi connectivity index (χ2n) is 5.79. The molecule has 1 saturated heterocycles. The Morgan fingerprint density at radius 2 is 1.82 bits per heavy atom. The number of aliphatic hydroxyl groups is 1. The fraction of sp³-hybridized carbons (Fsp3) is 0.917. The molecule has 0 radical (unpaired) electrons. The number of nitrogens with zero attached hydrogens (tertiary/aromatic N) is 1. The number of hydrogen-bond acceptors (Lipinski definition) is 4. The molecule has 0 aliphatic carbocycles. The quantitative estimate of drug-likeness (QED) is 0.626. The number of nitrogens with one attached hydrogen (secondary N) is 2. The van der Waals surface area contributed by atoms with Crippen molar-refractivity contribution in [1.29, 1.82) is 0 Å². The SMILES string of the molecule is CC(C)(CO)NC(=O)C(C)(C)N1CCNCC1. The van der Waals surface area contributed by atoms with Gasteiger partial charge in [0.15, 0.2) is 0 Å². The highest BCUT2D eigenvalue weighted by molar-refractivity contribution is 5.86. The first kappa shape index (κ1) is 14.4. The summed E-state index contributed by atoms with van der Waals surface area (Å²) in [6.45, 7) is 11.0. The third kappa shape index (κ3) is 3.66. The van der Waals surface area contributed by atoms with Gasteiger partial charge in [-0.15, -0.1) is 0 Å². The van der Waals surface area contributed by atoms with Crippen LogP contribution >= 0.6 is 0 Å². The van der Waals surface area contributed by atoms with Crippen LogP contribution < -0.4 is 10.6 Å². The van der Waals surface area contributed by atoms with Crippen LogP contribution in [0.4, 0.5) is 0 Å². The van der Waals surface area contributed by atoms with E-state index in [1.54, 1.807) is 0 Å². The van der Waals surface area contributed by atoms with E-state index >= 15 is 0 Å². The first-order chi connectivity index (χ1) is 7.79. The van der Waals surface area contributed by atoms with Gasteiger partial charge in [-0.25, -0.2) is 0 Å². The van der Waals surface area contributed by atoms with E-state index in [-0.39, 0.29) is 12.5 Å². The summed E-state index contributed by atoms with van der Waals surface area (Å²) in [5.74, 6) is -0.0292. The van der Waals surface area contributed by atoms with Crippen LogP contribution in [0.5, 0.6) is 0 Å². The molecular weight excluding hydrogens is 218 g/mol. The third-order valence-electron chi connectivity index (χ3n) is 3.31. The first-order valence-electron chi connectivity index (χ1n) is 6.19. The van der Waals surface area contributed by atoms with Gasteiger partial charge in [-0.05, 0) is 27.7 Å². The standard InChI is InChI=1S/C12H25N3O2/c1-11(2,9-16)14-10(17)12(3,4)15-7-5-13-6-8-15/h13,16H,5-9H2,1-4H3,(H,14,17). The molecule has 0 aromatic carbocycles. The van der Waals surface area contributed by atoms with Gasteiger partial charge in [0, 0.05) is 26.2 Å². The van der Waals surface area contributed by atoms with Crippen LogP contribution in [0.15, 0.2) is 0 Å². The second-order valence-corrected chi connectivity index (χ2v) is 5.79. The molecule has 1 rings (SSSR count). The average Bonchev–Trinajstić information content (AvgIpc) is 2.29. The molecular formula is C12H25N3O2. The Kier molecular flexibility index (Phi) is 4.52. The summed E-state index contributed by atoms with van der Waals surface area (Å²) >= 11 is 0. The highest BCUT2D eigenvalue weighted by Gasteiger charge is 2.37. The summed E-state index contributed by atoms with van der Waals surface area (Å²) in [7, 11) is 0. The van der Waals surface area contributed by atoms with Gasteiger partial charge in [-0.3, -0.25) is 9.69 Å². The van der Waals surface area contributed by atoms with Crippen LogP contribution in [-0.4, -0.2) is 59.8 Å². The molecule has 0 atom stereocenters. The normalized spacial score (nSPS) is 19.1. The summed E-state index contributed by atoms with van der Waals surface area (Å²) in [4.78, 5) is 14.4. The molecule has 1 fully saturated rings. The van der Waals surface area contributed by atoms with Gasteiger partial charge in [0.2, 0.25) is 5.91 Å². The zero-order valence-corrected chi connectivity index (χ0v) is 11.3. The Labute approximate surface area is 104 Å². The Hall–Kier alpha value is -0.650. The predicted molar refractivity (Wildman–Crippen MR) is 67.8 cm³/mol. The molecule has 0 saturated carbocycles. The van der Waals surface area contributed by atoms with E-state index in [1.807, 2.05) is 27.7 Å². The van der Waals surface area contributed by atoms with Crippen molar-refractivity contribution < 1.29 is 9.90 Å². The number of hydrogen-bond donors (Lipinski definition) is 3. The van der Waals surface area contributed by atoms with Gasteiger partial charge in [0.1, 0.15) is 0 Å². The van der Waals surface area contributed by atoms with Crippen molar-refractivity contribution in [3.63, 3.8) is 0 Å². The minimum Gasteiger partial charge on any atom is -0.394 e. The van der Waals surface area contributed by atoms with Crippen LogP contribution in [0.25, 0.3) is 0 Å². The van der Waals surface area contributed by atoms with E-state index in [2.05, 4.69) is 15.5 Å². The lowest BCUT2D eigenvalue weighted by Gasteiger charge is -2.41. The fourth-order valence-corrected chi connectivity index (χ4v) is 1.87. The van der Waals surface area contributed by atoms with Crippen LogP contribution in [0.2, 0.25) is 0 Å². The summed E-state index contributed by atoms with van der Waals surface area (Å²) in [6.07, 6.45) is 0. The maximum Gasteiger partial charge on any atom is 0.240 e.